The normalized spacial score (nSPS) is 19.1. The number of hydrogen-bond acceptors (Lipinski definition) is 0. The summed E-state index contributed by atoms with van der Waals surface area (Å²) in [4.78, 5) is 0. The van der Waals surface area contributed by atoms with Crippen LogP contribution >= 0.6 is 37.3 Å². The van der Waals surface area contributed by atoms with E-state index in [1.807, 2.05) is 0 Å². The molecule has 1 aliphatic rings. The van der Waals surface area contributed by atoms with Crippen molar-refractivity contribution >= 4 is 51.3 Å². The van der Waals surface area contributed by atoms with E-state index in [1.54, 1.807) is 3.58 Å². The standard InChI is InChI=1S/C6H11.C6H5.2HI.Sn/c2*1-2-4-6-5-3-1;;;/h1H,2-6H2;1-5H;2*1H;/q;;;;+2/p-2. The molecule has 0 unspecified atom stereocenters. The summed E-state index contributed by atoms with van der Waals surface area (Å²) in [5.74, 6) is 0. The maximum atomic E-state index is 2.86. The molecule has 0 radical (unpaired) electrons. The predicted molar refractivity (Wildman–Crippen MR) is 86.7 cm³/mol. The van der Waals surface area contributed by atoms with Crippen molar-refractivity contribution in [1.29, 1.82) is 0 Å². The Morgan fingerprint density at radius 2 is 1.53 bits per heavy atom. The first-order valence-electron chi connectivity index (χ1n) is 5.64. The summed E-state index contributed by atoms with van der Waals surface area (Å²) < 4.78 is 2.76. The van der Waals surface area contributed by atoms with E-state index in [4.69, 9.17) is 0 Å². The molecule has 0 heterocycles. The average Bonchev–Trinajstić information content (AvgIpc) is 2.31. The van der Waals surface area contributed by atoms with Gasteiger partial charge in [0.05, 0.1) is 0 Å². The first-order valence-corrected chi connectivity index (χ1v) is 25.3. The molecule has 0 N–H and O–H groups in total. The van der Waals surface area contributed by atoms with Crippen LogP contribution in [-0.2, 0) is 0 Å². The maximum absolute atomic E-state index is 2.86. The van der Waals surface area contributed by atoms with Crippen molar-refractivity contribution in [1.82, 2.24) is 0 Å². The Bertz CT molecular complexity index is 305. The van der Waals surface area contributed by atoms with Crippen LogP contribution in [0.25, 0.3) is 0 Å². The first-order chi connectivity index (χ1) is 7.21. The Labute approximate surface area is 116 Å². The van der Waals surface area contributed by atoms with E-state index in [2.05, 4.69) is 67.6 Å². The average molecular weight is 533 g/mol. The van der Waals surface area contributed by atoms with Crippen LogP contribution in [0.4, 0.5) is 0 Å². The van der Waals surface area contributed by atoms with Gasteiger partial charge in [0, 0.05) is 0 Å². The SMILES string of the molecule is [I][Sn]([I])([c]1ccccc1)[CH]1CCCCC1. The van der Waals surface area contributed by atoms with Crippen LogP contribution in [0, 0.1) is 0 Å². The van der Waals surface area contributed by atoms with Crippen LogP contribution in [0.15, 0.2) is 30.3 Å². The number of rotatable bonds is 2. The summed E-state index contributed by atoms with van der Waals surface area (Å²) in [5.41, 5.74) is 0. The number of halogens is 2. The second-order valence-electron chi connectivity index (χ2n) is 4.32. The molecule has 1 aromatic rings. The third-order valence-electron chi connectivity index (χ3n) is 3.28. The van der Waals surface area contributed by atoms with Gasteiger partial charge in [-0.05, 0) is 0 Å². The van der Waals surface area contributed by atoms with Crippen molar-refractivity contribution in [3.63, 3.8) is 0 Å². The molecule has 0 bridgehead atoms. The molecule has 1 aliphatic carbocycles. The second kappa shape index (κ2) is 5.89. The van der Waals surface area contributed by atoms with Crippen molar-refractivity contribution in [2.75, 3.05) is 0 Å². The van der Waals surface area contributed by atoms with Crippen LogP contribution in [0.1, 0.15) is 32.1 Å². The van der Waals surface area contributed by atoms with Gasteiger partial charge in [0.25, 0.3) is 0 Å². The van der Waals surface area contributed by atoms with Crippen LogP contribution in [0.5, 0.6) is 0 Å². The number of benzene rings is 1. The Balaban J connectivity index is 2.18. The monoisotopic (exact) mass is 534 g/mol. The summed E-state index contributed by atoms with van der Waals surface area (Å²) in [6, 6.07) is 11.3. The summed E-state index contributed by atoms with van der Waals surface area (Å²) in [5, 5.41) is 0. The molecule has 82 valence electrons. The molecule has 0 aliphatic heterocycles. The summed E-state index contributed by atoms with van der Waals surface area (Å²) in [6.45, 7) is 0. The first kappa shape index (κ1) is 12.9. The minimum atomic E-state index is -2.03. The van der Waals surface area contributed by atoms with Gasteiger partial charge in [-0.25, -0.2) is 0 Å². The van der Waals surface area contributed by atoms with Crippen molar-refractivity contribution in [3.8, 4) is 0 Å². The minimum absolute atomic E-state index is 1.07. The summed E-state index contributed by atoms with van der Waals surface area (Å²) >= 11 is 5.72. The zero-order valence-corrected chi connectivity index (χ0v) is 15.9. The van der Waals surface area contributed by atoms with Gasteiger partial charge >= 0.3 is 118 Å². The van der Waals surface area contributed by atoms with E-state index in [0.29, 0.717) is 0 Å². The third-order valence-corrected chi connectivity index (χ3v) is 31.2. The zero-order chi connectivity index (χ0) is 10.7. The van der Waals surface area contributed by atoms with Crippen LogP contribution in [0.2, 0.25) is 3.93 Å². The van der Waals surface area contributed by atoms with E-state index < -0.39 is 10.4 Å². The fourth-order valence-electron chi connectivity index (χ4n) is 2.36. The van der Waals surface area contributed by atoms with Gasteiger partial charge in [0.15, 0.2) is 0 Å². The number of hydrogen-bond donors (Lipinski definition) is 0. The molecule has 0 saturated heterocycles. The summed E-state index contributed by atoms with van der Waals surface area (Å²) in [6.07, 6.45) is 7.42. The van der Waals surface area contributed by atoms with Gasteiger partial charge in [0.2, 0.25) is 0 Å². The quantitative estimate of drug-likeness (QED) is 0.388. The molecule has 15 heavy (non-hydrogen) atoms. The molecular weight excluding hydrogens is 517 g/mol. The molecule has 1 aromatic carbocycles. The van der Waals surface area contributed by atoms with Crippen molar-refractivity contribution < 1.29 is 0 Å². The molecule has 0 atom stereocenters. The fraction of sp³-hybridized carbons (Fsp3) is 0.500. The molecule has 2 rings (SSSR count). The topological polar surface area (TPSA) is 0 Å². The Morgan fingerprint density at radius 1 is 0.933 bits per heavy atom. The van der Waals surface area contributed by atoms with E-state index in [-0.39, 0.29) is 0 Å². The molecule has 0 nitrogen and oxygen atoms in total. The van der Waals surface area contributed by atoms with Gasteiger partial charge in [-0.2, -0.15) is 0 Å². The van der Waals surface area contributed by atoms with Crippen LogP contribution < -0.4 is 3.58 Å². The molecule has 0 aromatic heterocycles. The van der Waals surface area contributed by atoms with Crippen molar-refractivity contribution in [3.05, 3.63) is 30.3 Å². The third kappa shape index (κ3) is 3.24. The van der Waals surface area contributed by atoms with Gasteiger partial charge in [-0.1, -0.05) is 0 Å². The molecule has 0 spiro atoms. The molecule has 1 saturated carbocycles. The van der Waals surface area contributed by atoms with Crippen molar-refractivity contribution in [2.24, 2.45) is 0 Å². The van der Waals surface area contributed by atoms with Crippen LogP contribution in [0.3, 0.4) is 0 Å². The molecule has 1 fully saturated rings. The van der Waals surface area contributed by atoms with Gasteiger partial charge in [-0.15, -0.1) is 0 Å². The second-order valence-corrected chi connectivity index (χ2v) is 48.5. The van der Waals surface area contributed by atoms with Gasteiger partial charge in [-0.3, -0.25) is 0 Å². The van der Waals surface area contributed by atoms with Gasteiger partial charge in [0.1, 0.15) is 0 Å². The van der Waals surface area contributed by atoms with Crippen LogP contribution in [-0.4, -0.2) is 10.4 Å². The van der Waals surface area contributed by atoms with Crippen molar-refractivity contribution in [2.45, 2.75) is 36.0 Å². The Kier molecular flexibility index (Phi) is 5.07. The Hall–Kier alpha value is 1.48. The molecular formula is C12H16I2Sn. The van der Waals surface area contributed by atoms with Gasteiger partial charge < -0.3 is 0 Å². The predicted octanol–water partition coefficient (Wildman–Crippen LogP) is 4.54. The summed E-state index contributed by atoms with van der Waals surface area (Å²) in [7, 11) is -2.03. The van der Waals surface area contributed by atoms with E-state index in [1.165, 1.54) is 32.1 Å². The van der Waals surface area contributed by atoms with E-state index >= 15 is 0 Å². The van der Waals surface area contributed by atoms with E-state index in [0.717, 1.165) is 3.93 Å². The molecule has 3 heteroatoms. The fourth-order valence-corrected chi connectivity index (χ4v) is 21.9. The van der Waals surface area contributed by atoms with E-state index in [9.17, 15) is 0 Å². The Morgan fingerprint density at radius 3 is 2.13 bits per heavy atom. The molecule has 0 amide bonds. The zero-order valence-electron chi connectivity index (χ0n) is 8.76.